The number of carbonyl (C=O) groups excluding carboxylic acids is 16. The van der Waals surface area contributed by atoms with E-state index in [-0.39, 0.29) is 114 Å². The zero-order valence-corrected chi connectivity index (χ0v) is 88.4. The van der Waals surface area contributed by atoms with Gasteiger partial charge in [0, 0.05) is 67.1 Å². The summed E-state index contributed by atoms with van der Waals surface area (Å²) in [7, 11) is 12.6. The lowest BCUT2D eigenvalue weighted by molar-refractivity contribution is -0.176. The van der Waals surface area contributed by atoms with Gasteiger partial charge in [0.2, 0.25) is 25.9 Å². The second-order valence-corrected chi connectivity index (χ2v) is 42.3. The van der Waals surface area contributed by atoms with Crippen molar-refractivity contribution >= 4 is 156 Å². The number of Topliss-reactive ketones (excluding diaryl/α,β-unsaturated/α-hetero) is 1. The summed E-state index contributed by atoms with van der Waals surface area (Å²) in [6, 6.07) is -1.51. The number of halogens is 4. The molecule has 0 aliphatic carbocycles. The van der Waals surface area contributed by atoms with Crippen LogP contribution < -0.4 is 21.7 Å². The Labute approximate surface area is 839 Å². The SMILES string of the molecule is C.C.C.CC(=O)Cl.CC(C)(C)OC(=O)OC(=O)OC(C)(C)C.CC1NC(=O)C12CCCN2C(=O)OC(C)(C)C.CCOC(=O)CN1C(=O)C2(CCCN2C(=O)OC(C)(C)C)C1C.COC(=O)C1(C(C)=O)CCCN1C(=O)OC(C)(C)C.COC(=O)C1(C(C)N)CCCN1C(=O)OC(C)(C)C.COC(=O)C1CCCN1.COC(=O)C1CCCN1C(=O)OC(C)(C)C.Cl.O=C(O)C1CCCN1.O=S(Cl)Cl. The number of β-lactam (4-membered cyclic amide) rings is 2. The number of amides is 7. The molecule has 10 atom stereocenters. The molecule has 0 radical (unpaired) electrons. The van der Waals surface area contributed by atoms with Crippen LogP contribution in [0.2, 0.25) is 0 Å². The Hall–Kier alpha value is -8.62. The van der Waals surface area contributed by atoms with Crippen LogP contribution in [-0.4, -0.2) is 325 Å². The van der Waals surface area contributed by atoms with Crippen LogP contribution in [0.15, 0.2) is 0 Å². The second-order valence-electron chi connectivity index (χ2n) is 39.2. The van der Waals surface area contributed by atoms with Gasteiger partial charge in [-0.05, 0) is 295 Å². The third-order valence-electron chi connectivity index (χ3n) is 20.6. The Morgan fingerprint density at radius 3 is 1.18 bits per heavy atom. The van der Waals surface area contributed by atoms with Crippen LogP contribution in [0, 0.1) is 0 Å². The molecule has 47 heteroatoms. The number of carboxylic acid groups (broad SMARTS) is 1. The van der Waals surface area contributed by atoms with Crippen molar-refractivity contribution in [2.45, 2.75) is 397 Å². The van der Waals surface area contributed by atoms with Crippen LogP contribution in [0.5, 0.6) is 0 Å². The fourth-order valence-corrected chi connectivity index (χ4v) is 15.0. The number of hydrogen-bond acceptors (Lipinski definition) is 34. The molecule has 9 heterocycles. The highest BCUT2D eigenvalue weighted by Gasteiger charge is 2.66. The van der Waals surface area contributed by atoms with Crippen molar-refractivity contribution in [3.05, 3.63) is 0 Å². The normalized spacial score (nSPS) is 22.6. The smallest absolute Gasteiger partial charge is 0.480 e. The zero-order valence-electron chi connectivity index (χ0n) is 84.5. The fourth-order valence-electron chi connectivity index (χ4n) is 15.0. The van der Waals surface area contributed by atoms with Crippen LogP contribution in [0.25, 0.3) is 0 Å². The lowest BCUT2D eigenvalue weighted by atomic mass is 9.77. The van der Waals surface area contributed by atoms with E-state index in [9.17, 15) is 81.5 Å². The first-order chi connectivity index (χ1) is 61.2. The summed E-state index contributed by atoms with van der Waals surface area (Å²) in [6.07, 6.45) is 5.64. The lowest BCUT2D eigenvalue weighted by Crippen LogP contribution is -2.78. The van der Waals surface area contributed by atoms with Gasteiger partial charge < -0.3 is 93.3 Å². The number of nitrogens with one attached hydrogen (secondary N) is 3. The third kappa shape index (κ3) is 44.7. The van der Waals surface area contributed by atoms with Gasteiger partial charge in [0.05, 0.1) is 47.1 Å². The molecule has 9 aliphatic heterocycles. The summed E-state index contributed by atoms with van der Waals surface area (Å²) < 4.78 is 73.1. The molecule has 0 saturated carbocycles. The Balaban J connectivity index is -0.000000487. The highest BCUT2D eigenvalue weighted by atomic mass is 36.0. The molecule has 0 aromatic heterocycles. The number of carbonyl (C=O) groups is 17. The Morgan fingerprint density at radius 1 is 0.493 bits per heavy atom. The van der Waals surface area contributed by atoms with Gasteiger partial charge in [-0.2, -0.15) is 0 Å². The Kier molecular flexibility index (Phi) is 59.9. The Bertz CT molecular complexity index is 3950. The quantitative estimate of drug-likeness (QED) is 0.0446. The highest BCUT2D eigenvalue weighted by molar-refractivity contribution is 8.26. The number of rotatable bonds is 10. The molecular weight excluding hydrogens is 1920 g/mol. The number of methoxy groups -OCH3 is 4. The number of carboxylic acids is 1. The lowest BCUT2D eigenvalue weighted by Gasteiger charge is -2.56. The predicted molar refractivity (Wildman–Crippen MR) is 520 cm³/mol. The zero-order chi connectivity index (χ0) is 104. The number of hydrogen-bond donors (Lipinski definition) is 5. The van der Waals surface area contributed by atoms with Crippen LogP contribution in [0.3, 0.4) is 0 Å². The third-order valence-corrected chi connectivity index (χ3v) is 20.6. The average molecular weight is 2080 g/mol. The first-order valence-corrected chi connectivity index (χ1v) is 47.5. The maximum absolute atomic E-state index is 12.7. The molecule has 9 rings (SSSR count). The number of likely N-dealkylation sites (tertiary alicyclic amines) is 6. The van der Waals surface area contributed by atoms with E-state index in [4.69, 9.17) is 62.4 Å². The molecule has 804 valence electrons. The molecule has 138 heavy (non-hydrogen) atoms. The summed E-state index contributed by atoms with van der Waals surface area (Å²) in [6.45, 7) is 51.1. The van der Waals surface area contributed by atoms with Crippen molar-refractivity contribution in [3.8, 4) is 0 Å². The molecule has 7 amide bonds. The van der Waals surface area contributed by atoms with Gasteiger partial charge in [0.15, 0.2) is 11.3 Å². The van der Waals surface area contributed by atoms with Crippen molar-refractivity contribution < 1.29 is 152 Å². The average Bonchev–Trinajstić information content (AvgIpc) is 1.45. The van der Waals surface area contributed by atoms with E-state index in [0.717, 1.165) is 64.5 Å². The minimum atomic E-state index is -1.67. The van der Waals surface area contributed by atoms with Gasteiger partial charge in [-0.3, -0.25) is 58.1 Å². The standard InChI is InChI=1S/C16H26N2O5.C13H24N2O4.C13H21NO5.C12H20N2O3.C11H19NO4.C10H18O5.C6H11NO2.C5H9NO2.C2H3ClO.3CH4.Cl2OS.ClH/c1-6-22-12(19)10-17-11(2)16(13(17)20)8-7-9-18(16)14(21)23-15(3,4)5;1-9(14)13(10(16)18-5)7-6-8-15(13)11(17)19-12(2,3)4;1-9(15)13(10(16)18-5)7-6-8-14(13)11(17)19-12(2,3)4;1-8-12(9(15)13-8)6-5-7-14(12)10(16)17-11(2,3)4;1-11(2,3)16-10(14)12-7-5-6-8(12)9(13)15-4;1-9(2,3)14-7(11)13-8(12)15-10(4,5)6;1-9-6(8)5-3-2-4-7-5;7-5(8)4-2-1-3-6-4;1-2(3)4;;;;1-4(2)3;/h11H,6-10H2,1-5H3;9H,6-8,14H2,1-5H3;6-8H2,1-5H3;8H,5-7H2,1-4H3,(H,13,15);8H,5-7H2,1-4H3;1-6H3;5,7H,2-4H2,1H3;4,6H,1-3H2,(H,7,8);1H3;3*1H4;;1H. The molecular formula is C91H164Cl4N10O32S. The summed E-state index contributed by atoms with van der Waals surface area (Å²) in [5.74, 6) is -3.48. The van der Waals surface area contributed by atoms with Gasteiger partial charge in [0.1, 0.15) is 75.0 Å². The molecule has 9 aliphatic rings. The Morgan fingerprint density at radius 2 is 0.848 bits per heavy atom. The first-order valence-electron chi connectivity index (χ1n) is 44.3. The first kappa shape index (κ1) is 138. The van der Waals surface area contributed by atoms with E-state index < -0.39 is 149 Å². The minimum absolute atomic E-state index is 0. The molecule has 0 bridgehead atoms. The largest absolute Gasteiger partial charge is 0.519 e. The van der Waals surface area contributed by atoms with Crippen molar-refractivity contribution in [1.82, 2.24) is 45.3 Å². The monoisotopic (exact) mass is 2080 g/mol. The number of aliphatic carboxylic acids is 1. The highest BCUT2D eigenvalue weighted by Crippen LogP contribution is 2.45. The van der Waals surface area contributed by atoms with Gasteiger partial charge in [-0.1, -0.05) is 22.3 Å². The summed E-state index contributed by atoms with van der Waals surface area (Å²) >= 11 is 4.64. The van der Waals surface area contributed by atoms with Crippen LogP contribution in [-0.2, 0) is 119 Å². The van der Waals surface area contributed by atoms with E-state index in [2.05, 4.69) is 63.1 Å². The van der Waals surface area contributed by atoms with Crippen molar-refractivity contribution in [2.24, 2.45) is 5.73 Å². The predicted octanol–water partition coefficient (Wildman–Crippen LogP) is 13.9. The molecule has 2 spiro atoms. The van der Waals surface area contributed by atoms with Gasteiger partial charge >= 0.3 is 78.6 Å². The van der Waals surface area contributed by atoms with Gasteiger partial charge in [-0.15, -0.1) is 12.4 Å². The number of esters is 5. The van der Waals surface area contributed by atoms with Crippen LogP contribution in [0.1, 0.15) is 299 Å². The second kappa shape index (κ2) is 60.0. The summed E-state index contributed by atoms with van der Waals surface area (Å²) in [5.41, 5.74) is -2.57. The number of ether oxygens (including phenoxy) is 13. The van der Waals surface area contributed by atoms with E-state index in [0.29, 0.717) is 64.8 Å². The van der Waals surface area contributed by atoms with E-state index >= 15 is 0 Å². The minimum Gasteiger partial charge on any atom is -0.480 e. The molecule has 0 aromatic carbocycles. The molecule has 9 saturated heterocycles. The number of nitrogens with two attached hydrogens (primary N) is 1. The van der Waals surface area contributed by atoms with Crippen LogP contribution >= 0.6 is 45.4 Å². The van der Waals surface area contributed by atoms with E-state index in [1.54, 1.807) is 143 Å². The van der Waals surface area contributed by atoms with Crippen LogP contribution in [0.4, 0.5) is 33.6 Å². The van der Waals surface area contributed by atoms with E-state index in [1.165, 1.54) is 66.8 Å². The van der Waals surface area contributed by atoms with Gasteiger partial charge in [-0.25, -0.2) is 52.2 Å². The molecule has 9 fully saturated rings. The molecule has 0 aromatic rings. The summed E-state index contributed by atoms with van der Waals surface area (Å²) in [4.78, 5) is 205. The fraction of sp³-hybridized carbons (Fsp3) is 0.813. The van der Waals surface area contributed by atoms with Crippen molar-refractivity contribution in [2.75, 3.05) is 87.4 Å². The summed E-state index contributed by atoms with van der Waals surface area (Å²) in [5, 5.41) is 16.7. The topological polar surface area (TPSA) is 529 Å². The van der Waals surface area contributed by atoms with Gasteiger partial charge in [0.25, 0.3) is 5.91 Å². The van der Waals surface area contributed by atoms with Crippen molar-refractivity contribution in [3.63, 3.8) is 0 Å². The van der Waals surface area contributed by atoms with Crippen molar-refractivity contribution in [1.29, 1.82) is 0 Å². The maximum Gasteiger partial charge on any atom is 0.519 e. The maximum atomic E-state index is 12.7. The molecule has 6 N–H and O–H groups in total. The molecule has 10 unspecified atom stereocenters. The number of ketones is 1. The van der Waals surface area contributed by atoms with E-state index in [1.807, 2.05) is 34.6 Å². The molecule has 42 nitrogen and oxygen atoms in total. The number of nitrogens with zero attached hydrogens (tertiary/aromatic N) is 6.